The van der Waals surface area contributed by atoms with Crippen LogP contribution in [0.2, 0.25) is 0 Å². The molecule has 0 atom stereocenters. The van der Waals surface area contributed by atoms with Gasteiger partial charge in [-0.15, -0.1) is 12.1 Å². The molecule has 6 nitrogen and oxygen atoms in total. The molecule has 0 N–H and O–H groups in total. The normalized spacial score (nSPS) is 10.6. The van der Waals surface area contributed by atoms with Crippen molar-refractivity contribution in [3.63, 3.8) is 0 Å². The molecular weight excluding hydrogens is 846 g/mol. The van der Waals surface area contributed by atoms with E-state index in [1.54, 1.807) is 30.5 Å². The van der Waals surface area contributed by atoms with E-state index in [0.29, 0.717) is 27.4 Å². The Morgan fingerprint density at radius 2 is 1.73 bits per heavy atom. The minimum absolute atomic E-state index is 0. The van der Waals surface area contributed by atoms with Crippen LogP contribution in [0.15, 0.2) is 97.2 Å². The number of anilines is 1. The summed E-state index contributed by atoms with van der Waals surface area (Å²) in [6.45, 7) is 6.01. The molecule has 0 saturated heterocycles. The van der Waals surface area contributed by atoms with Gasteiger partial charge in [0.15, 0.2) is 5.78 Å². The summed E-state index contributed by atoms with van der Waals surface area (Å²) in [5, 5.41) is 1.43. The van der Waals surface area contributed by atoms with Crippen LogP contribution >= 0.6 is 43.2 Å². The third-order valence-corrected chi connectivity index (χ3v) is 8.15. The van der Waals surface area contributed by atoms with E-state index in [-0.39, 0.29) is 25.9 Å². The minimum atomic E-state index is -0.400. The van der Waals surface area contributed by atoms with Crippen LogP contribution in [0.4, 0.5) is 5.69 Å². The molecule has 0 aliphatic heterocycles. The number of nitrogens with zero attached hydrogens (tertiary/aromatic N) is 3. The predicted octanol–water partition coefficient (Wildman–Crippen LogP) is 8.11. The Morgan fingerprint density at radius 3 is 2.39 bits per heavy atom. The van der Waals surface area contributed by atoms with Crippen molar-refractivity contribution in [3.8, 4) is 10.6 Å². The average molecular weight is 870 g/mol. The molecule has 1 radical (unpaired) electrons. The molecule has 3 aromatic carbocycles. The maximum absolute atomic E-state index is 12.5. The van der Waals surface area contributed by atoms with E-state index in [1.807, 2.05) is 48.5 Å². The zero-order valence-corrected chi connectivity index (χ0v) is 28.4. The van der Waals surface area contributed by atoms with E-state index in [9.17, 15) is 9.59 Å². The second-order valence-corrected chi connectivity index (χ2v) is 11.6. The predicted molar refractivity (Wildman–Crippen MR) is 169 cm³/mol. The van der Waals surface area contributed by atoms with Crippen LogP contribution in [0, 0.1) is 6.07 Å². The van der Waals surface area contributed by atoms with Crippen LogP contribution in [0.25, 0.3) is 31.8 Å². The van der Waals surface area contributed by atoms with E-state index in [1.165, 1.54) is 11.3 Å². The number of fused-ring (bicyclic) bond motifs is 2. The SMILES string of the molecule is CCN(CC)c1ccc2[c-]c(-c3nc4ccccc4s3)c(=O)oc2c1.O=C(c1cc(Br)cc(Br)c1)c1ccc[n-]1.[Ir]. The van der Waals surface area contributed by atoms with Gasteiger partial charge >= 0.3 is 0 Å². The number of ketones is 1. The molecule has 0 amide bonds. The Kier molecular flexibility index (Phi) is 10.5. The second-order valence-electron chi connectivity index (χ2n) is 8.74. The maximum Gasteiger partial charge on any atom is 0.269 e. The first-order chi connectivity index (χ1) is 19.4. The number of rotatable bonds is 6. The van der Waals surface area contributed by atoms with Crippen LogP contribution in [0.5, 0.6) is 0 Å². The van der Waals surface area contributed by atoms with E-state index in [4.69, 9.17) is 4.42 Å². The summed E-state index contributed by atoms with van der Waals surface area (Å²) in [4.78, 5) is 35.1. The summed E-state index contributed by atoms with van der Waals surface area (Å²) >= 11 is 8.16. The number of carbonyl (C=O) groups is 1. The number of carbonyl (C=O) groups excluding carboxylic acids is 1. The summed E-state index contributed by atoms with van der Waals surface area (Å²) in [5.74, 6) is -0.0676. The van der Waals surface area contributed by atoms with Gasteiger partial charge in [-0.05, 0) is 55.8 Å². The Balaban J connectivity index is 0.000000208. The van der Waals surface area contributed by atoms with Gasteiger partial charge in [0.05, 0.1) is 16.1 Å². The van der Waals surface area contributed by atoms with Gasteiger partial charge in [-0.25, -0.2) is 0 Å². The van der Waals surface area contributed by atoms with E-state index < -0.39 is 5.63 Å². The molecule has 0 fully saturated rings. The van der Waals surface area contributed by atoms with E-state index in [0.717, 1.165) is 43.3 Å². The van der Waals surface area contributed by atoms with Crippen molar-refractivity contribution < 1.29 is 29.3 Å². The van der Waals surface area contributed by atoms with E-state index >= 15 is 0 Å². The zero-order chi connectivity index (χ0) is 28.2. The first-order valence-electron chi connectivity index (χ1n) is 12.6. The maximum atomic E-state index is 12.5. The molecule has 211 valence electrons. The molecule has 0 spiro atoms. The van der Waals surface area contributed by atoms with Crippen molar-refractivity contribution in [2.24, 2.45) is 0 Å². The van der Waals surface area contributed by atoms with Gasteiger partial charge in [0, 0.05) is 58.1 Å². The van der Waals surface area contributed by atoms with Crippen LogP contribution in [-0.4, -0.2) is 23.9 Å². The fraction of sp³-hybridized carbons (Fsp3) is 0.129. The van der Waals surface area contributed by atoms with Crippen molar-refractivity contribution in [3.05, 3.63) is 116 Å². The summed E-state index contributed by atoms with van der Waals surface area (Å²) in [7, 11) is 0. The van der Waals surface area contributed by atoms with Gasteiger partial charge in [0.1, 0.15) is 0 Å². The molecular formula is C31H23Br2IrN3O3S-2. The largest absolute Gasteiger partial charge is 0.661 e. The van der Waals surface area contributed by atoms with Gasteiger partial charge < -0.3 is 14.3 Å². The van der Waals surface area contributed by atoms with Crippen LogP contribution in [0.3, 0.4) is 0 Å². The molecule has 0 saturated carbocycles. The fourth-order valence-corrected chi connectivity index (χ4v) is 6.46. The third-order valence-electron chi connectivity index (χ3n) is 6.18. The smallest absolute Gasteiger partial charge is 0.269 e. The standard InChI is InChI=1S/C20H17N2O2S.C11H7Br2NO.Ir/c1-3-22(4-2)14-10-9-13-11-15(20(23)24-17(13)12-14)19-21-16-7-5-6-8-18(16)25-19;12-8-4-7(5-9(13)6-8)11(15)10-2-1-3-14-10;/h5-10,12H,3-4H2,1-2H3;1-6H,(H,14,15);/q-1;;/p-1. The Morgan fingerprint density at radius 1 is 1.00 bits per heavy atom. The second kappa shape index (κ2) is 13.9. The number of thiazole rings is 1. The van der Waals surface area contributed by atoms with Crippen molar-refractivity contribution in [2.45, 2.75) is 13.8 Å². The summed E-state index contributed by atoms with van der Waals surface area (Å²) in [6.07, 6.45) is 1.61. The molecule has 6 rings (SSSR count). The Bertz CT molecular complexity index is 1810. The van der Waals surface area contributed by atoms with Crippen molar-refractivity contribution in [1.29, 1.82) is 0 Å². The molecule has 3 heterocycles. The quantitative estimate of drug-likeness (QED) is 0.0958. The third kappa shape index (κ3) is 7.13. The molecule has 10 heteroatoms. The van der Waals surface area contributed by atoms with Gasteiger partial charge in [-0.1, -0.05) is 73.3 Å². The molecule has 6 aromatic rings. The topological polar surface area (TPSA) is 77.5 Å². The fourth-order valence-electron chi connectivity index (χ4n) is 4.21. The number of benzene rings is 3. The van der Waals surface area contributed by atoms with Gasteiger partial charge in [0.2, 0.25) is 0 Å². The van der Waals surface area contributed by atoms with Crippen LogP contribution in [0.1, 0.15) is 29.9 Å². The summed E-state index contributed by atoms with van der Waals surface area (Å²) in [6, 6.07) is 25.8. The van der Waals surface area contributed by atoms with Crippen LogP contribution in [-0.2, 0) is 20.1 Å². The summed E-state index contributed by atoms with van der Waals surface area (Å²) in [5.41, 5.74) is 3.57. The number of hydrogen-bond donors (Lipinski definition) is 0. The molecule has 0 aliphatic carbocycles. The first kappa shape index (κ1) is 31.1. The molecule has 41 heavy (non-hydrogen) atoms. The number of hydrogen-bond acceptors (Lipinski definition) is 6. The number of halogens is 2. The summed E-state index contributed by atoms with van der Waals surface area (Å²) < 4.78 is 8.35. The van der Waals surface area contributed by atoms with E-state index in [2.05, 4.69) is 66.6 Å². The Hall–Kier alpha value is -2.88. The number of para-hydroxylation sites is 1. The number of aromatic nitrogens is 2. The van der Waals surface area contributed by atoms with Crippen molar-refractivity contribution in [1.82, 2.24) is 9.97 Å². The van der Waals surface area contributed by atoms with Gasteiger partial charge in [0.25, 0.3) is 5.63 Å². The molecule has 0 aliphatic rings. The zero-order valence-electron chi connectivity index (χ0n) is 22.0. The Labute approximate surface area is 271 Å². The molecule has 3 aromatic heterocycles. The molecule has 0 bridgehead atoms. The monoisotopic (exact) mass is 868 g/mol. The van der Waals surface area contributed by atoms with Gasteiger partial charge in [-0.3, -0.25) is 14.6 Å². The average Bonchev–Trinajstić information content (AvgIpc) is 3.63. The van der Waals surface area contributed by atoms with Gasteiger partial charge in [-0.2, -0.15) is 17.5 Å². The first-order valence-corrected chi connectivity index (χ1v) is 15.0. The minimum Gasteiger partial charge on any atom is -0.661 e. The van der Waals surface area contributed by atoms with Crippen molar-refractivity contribution in [2.75, 3.05) is 18.0 Å². The van der Waals surface area contributed by atoms with Crippen molar-refractivity contribution >= 4 is 75.9 Å². The van der Waals surface area contributed by atoms with Crippen LogP contribution < -0.4 is 15.5 Å². The molecule has 0 unspecified atom stereocenters.